The van der Waals surface area contributed by atoms with Crippen molar-refractivity contribution in [1.29, 1.82) is 0 Å². The molecule has 0 amide bonds. The van der Waals surface area contributed by atoms with Gasteiger partial charge in [0, 0.05) is 22.8 Å². The first kappa shape index (κ1) is 12.8. The second-order valence-electron chi connectivity index (χ2n) is 4.17. The highest BCUT2D eigenvalue weighted by atomic mass is 35.5. The molecule has 0 saturated carbocycles. The van der Waals surface area contributed by atoms with Gasteiger partial charge in [0.15, 0.2) is 0 Å². The van der Waals surface area contributed by atoms with Gasteiger partial charge in [0.1, 0.15) is 12.1 Å². The summed E-state index contributed by atoms with van der Waals surface area (Å²) in [5.41, 5.74) is 2.17. The third-order valence-electron chi connectivity index (χ3n) is 2.80. The van der Waals surface area contributed by atoms with Crippen molar-refractivity contribution < 1.29 is 0 Å². The molecule has 3 nitrogen and oxygen atoms in total. The van der Waals surface area contributed by atoms with Crippen LogP contribution < -0.4 is 5.32 Å². The summed E-state index contributed by atoms with van der Waals surface area (Å²) in [6.45, 7) is 4.16. The number of rotatable bonds is 4. The van der Waals surface area contributed by atoms with Gasteiger partial charge in [-0.25, -0.2) is 9.97 Å². The number of aromatic nitrogens is 2. The minimum absolute atomic E-state index is 0.156. The first-order valence-corrected chi connectivity index (χ1v) is 6.39. The van der Waals surface area contributed by atoms with Gasteiger partial charge in [0.05, 0.1) is 0 Å². The summed E-state index contributed by atoms with van der Waals surface area (Å²) in [5.74, 6) is 0.842. The molecule has 2 rings (SSSR count). The highest BCUT2D eigenvalue weighted by Crippen LogP contribution is 2.20. The number of halogens is 1. The van der Waals surface area contributed by atoms with Gasteiger partial charge in [-0.05, 0) is 31.0 Å². The van der Waals surface area contributed by atoms with Crippen molar-refractivity contribution in [2.45, 2.75) is 26.3 Å². The van der Waals surface area contributed by atoms with E-state index in [0.29, 0.717) is 0 Å². The molecule has 1 heterocycles. The molecule has 1 aromatic heterocycles. The standard InChI is InChI=1S/C14H16ClN3/c1-3-13-8-14(17-9-16-13)18-10(2)11-5-4-6-12(15)7-11/h4-10H,3H2,1-2H3,(H,16,17,18). The van der Waals surface area contributed by atoms with Gasteiger partial charge in [-0.2, -0.15) is 0 Å². The van der Waals surface area contributed by atoms with E-state index in [0.717, 1.165) is 28.5 Å². The normalized spacial score (nSPS) is 12.2. The molecular formula is C14H16ClN3. The van der Waals surface area contributed by atoms with E-state index in [4.69, 9.17) is 11.6 Å². The van der Waals surface area contributed by atoms with Crippen LogP contribution in [0.4, 0.5) is 5.82 Å². The predicted molar refractivity (Wildman–Crippen MR) is 74.9 cm³/mol. The molecule has 1 aromatic carbocycles. The first-order chi connectivity index (χ1) is 8.69. The molecule has 2 aromatic rings. The first-order valence-electron chi connectivity index (χ1n) is 6.02. The van der Waals surface area contributed by atoms with E-state index < -0.39 is 0 Å². The molecule has 18 heavy (non-hydrogen) atoms. The fraction of sp³-hybridized carbons (Fsp3) is 0.286. The quantitative estimate of drug-likeness (QED) is 0.908. The number of nitrogens with zero attached hydrogens (tertiary/aromatic N) is 2. The van der Waals surface area contributed by atoms with Crippen LogP contribution in [-0.2, 0) is 6.42 Å². The van der Waals surface area contributed by atoms with E-state index in [-0.39, 0.29) is 6.04 Å². The molecule has 0 aliphatic heterocycles. The molecule has 1 N–H and O–H groups in total. The van der Waals surface area contributed by atoms with Crippen LogP contribution in [0, 0.1) is 0 Å². The zero-order valence-corrected chi connectivity index (χ0v) is 11.3. The van der Waals surface area contributed by atoms with Crippen LogP contribution in [0.25, 0.3) is 0 Å². The van der Waals surface area contributed by atoms with E-state index in [9.17, 15) is 0 Å². The average molecular weight is 262 g/mol. The number of hydrogen-bond acceptors (Lipinski definition) is 3. The van der Waals surface area contributed by atoms with E-state index in [1.165, 1.54) is 0 Å². The van der Waals surface area contributed by atoms with Crippen LogP contribution in [0.3, 0.4) is 0 Å². The third kappa shape index (κ3) is 3.20. The van der Waals surface area contributed by atoms with Gasteiger partial charge >= 0.3 is 0 Å². The molecule has 0 aliphatic rings. The molecular weight excluding hydrogens is 246 g/mol. The van der Waals surface area contributed by atoms with Gasteiger partial charge in [-0.1, -0.05) is 30.7 Å². The van der Waals surface area contributed by atoms with Gasteiger partial charge in [0.2, 0.25) is 0 Å². The summed E-state index contributed by atoms with van der Waals surface area (Å²) in [4.78, 5) is 8.40. The Balaban J connectivity index is 2.13. The Morgan fingerprint density at radius 2 is 2.11 bits per heavy atom. The topological polar surface area (TPSA) is 37.8 Å². The van der Waals surface area contributed by atoms with Gasteiger partial charge in [-0.3, -0.25) is 0 Å². The lowest BCUT2D eigenvalue weighted by Crippen LogP contribution is -2.08. The number of aryl methyl sites for hydroxylation is 1. The fourth-order valence-corrected chi connectivity index (χ4v) is 1.95. The lowest BCUT2D eigenvalue weighted by Gasteiger charge is -2.15. The van der Waals surface area contributed by atoms with E-state index in [1.54, 1.807) is 6.33 Å². The maximum Gasteiger partial charge on any atom is 0.130 e. The number of hydrogen-bond donors (Lipinski definition) is 1. The minimum atomic E-state index is 0.156. The molecule has 1 unspecified atom stereocenters. The molecule has 0 aliphatic carbocycles. The number of anilines is 1. The van der Waals surface area contributed by atoms with Crippen molar-refractivity contribution in [3.05, 3.63) is 52.9 Å². The van der Waals surface area contributed by atoms with Crippen LogP contribution in [0.2, 0.25) is 5.02 Å². The summed E-state index contributed by atoms with van der Waals surface area (Å²) in [5, 5.41) is 4.10. The fourth-order valence-electron chi connectivity index (χ4n) is 1.75. The predicted octanol–water partition coefficient (Wildman–Crippen LogP) is 3.87. The summed E-state index contributed by atoms with van der Waals surface area (Å²) >= 11 is 5.99. The molecule has 0 bridgehead atoms. The maximum absolute atomic E-state index is 5.99. The highest BCUT2D eigenvalue weighted by Gasteiger charge is 2.06. The maximum atomic E-state index is 5.99. The molecule has 0 saturated heterocycles. The lowest BCUT2D eigenvalue weighted by molar-refractivity contribution is 0.866. The summed E-state index contributed by atoms with van der Waals surface area (Å²) in [6, 6.07) is 9.96. The molecule has 0 fully saturated rings. The summed E-state index contributed by atoms with van der Waals surface area (Å²) in [7, 11) is 0. The smallest absolute Gasteiger partial charge is 0.130 e. The Morgan fingerprint density at radius 1 is 1.28 bits per heavy atom. The van der Waals surface area contributed by atoms with Crippen molar-refractivity contribution in [3.8, 4) is 0 Å². The van der Waals surface area contributed by atoms with Gasteiger partial charge < -0.3 is 5.32 Å². The molecule has 0 spiro atoms. The van der Waals surface area contributed by atoms with Crippen molar-refractivity contribution >= 4 is 17.4 Å². The average Bonchev–Trinajstić information content (AvgIpc) is 2.39. The second-order valence-corrected chi connectivity index (χ2v) is 4.61. The highest BCUT2D eigenvalue weighted by molar-refractivity contribution is 6.30. The van der Waals surface area contributed by atoms with Crippen LogP contribution >= 0.6 is 11.6 Å². The minimum Gasteiger partial charge on any atom is -0.363 e. The summed E-state index contributed by atoms with van der Waals surface area (Å²) < 4.78 is 0. The second kappa shape index (κ2) is 5.83. The largest absolute Gasteiger partial charge is 0.363 e. The Bertz CT molecular complexity index is 528. The third-order valence-corrected chi connectivity index (χ3v) is 3.03. The molecule has 0 radical (unpaired) electrons. The van der Waals surface area contributed by atoms with E-state index in [2.05, 4.69) is 29.1 Å². The number of nitrogens with one attached hydrogen (secondary N) is 1. The number of benzene rings is 1. The molecule has 4 heteroatoms. The van der Waals surface area contributed by atoms with Gasteiger partial charge in [-0.15, -0.1) is 0 Å². The van der Waals surface area contributed by atoms with Crippen molar-refractivity contribution in [1.82, 2.24) is 9.97 Å². The summed E-state index contributed by atoms with van der Waals surface area (Å²) in [6.07, 6.45) is 2.49. The van der Waals surface area contributed by atoms with Crippen LogP contribution in [0.1, 0.15) is 31.1 Å². The van der Waals surface area contributed by atoms with Crippen LogP contribution in [-0.4, -0.2) is 9.97 Å². The Morgan fingerprint density at radius 3 is 2.83 bits per heavy atom. The zero-order valence-electron chi connectivity index (χ0n) is 10.5. The van der Waals surface area contributed by atoms with E-state index >= 15 is 0 Å². The van der Waals surface area contributed by atoms with Crippen molar-refractivity contribution in [2.75, 3.05) is 5.32 Å². The van der Waals surface area contributed by atoms with Gasteiger partial charge in [0.25, 0.3) is 0 Å². The van der Waals surface area contributed by atoms with Crippen LogP contribution in [0.5, 0.6) is 0 Å². The monoisotopic (exact) mass is 261 g/mol. The van der Waals surface area contributed by atoms with Crippen molar-refractivity contribution in [3.63, 3.8) is 0 Å². The Hall–Kier alpha value is -1.61. The van der Waals surface area contributed by atoms with Crippen LogP contribution in [0.15, 0.2) is 36.7 Å². The SMILES string of the molecule is CCc1cc(NC(C)c2cccc(Cl)c2)ncn1. The Kier molecular flexibility index (Phi) is 4.15. The molecule has 94 valence electrons. The van der Waals surface area contributed by atoms with E-state index in [1.807, 2.05) is 30.3 Å². The lowest BCUT2D eigenvalue weighted by atomic mass is 10.1. The molecule has 1 atom stereocenters. The zero-order chi connectivity index (χ0) is 13.0. The van der Waals surface area contributed by atoms with Crippen molar-refractivity contribution in [2.24, 2.45) is 0 Å². The Labute approximate surface area is 112 Å².